The zero-order valence-electron chi connectivity index (χ0n) is 15.8. The SMILES string of the molecule is CC(C)(C)c1ccc(NC(=O)CC(=O)Nc2ccc3c(c2)OCCO3)cc1. The van der Waals surface area contributed by atoms with Gasteiger partial charge in [-0.05, 0) is 35.2 Å². The van der Waals surface area contributed by atoms with Gasteiger partial charge in [-0.3, -0.25) is 9.59 Å². The Morgan fingerprint density at radius 1 is 0.852 bits per heavy atom. The van der Waals surface area contributed by atoms with E-state index in [0.717, 1.165) is 0 Å². The van der Waals surface area contributed by atoms with Crippen LogP contribution in [0.15, 0.2) is 42.5 Å². The average molecular weight is 368 g/mol. The van der Waals surface area contributed by atoms with Crippen LogP contribution in [0.5, 0.6) is 11.5 Å². The standard InChI is InChI=1S/C21H24N2O4/c1-21(2,3)14-4-6-15(7-5-14)22-19(24)13-20(25)23-16-8-9-17-18(12-16)27-11-10-26-17/h4-9,12H,10-11,13H2,1-3H3,(H,22,24)(H,23,25). The Balaban J connectivity index is 1.54. The molecule has 0 aliphatic carbocycles. The van der Waals surface area contributed by atoms with Crippen molar-refractivity contribution in [1.29, 1.82) is 0 Å². The molecule has 1 aliphatic heterocycles. The Morgan fingerprint density at radius 3 is 2.04 bits per heavy atom. The third kappa shape index (κ3) is 5.00. The van der Waals surface area contributed by atoms with Crippen LogP contribution in [-0.4, -0.2) is 25.0 Å². The van der Waals surface area contributed by atoms with Crippen LogP contribution < -0.4 is 20.1 Å². The molecule has 0 aromatic heterocycles. The quantitative estimate of drug-likeness (QED) is 0.807. The highest BCUT2D eigenvalue weighted by Gasteiger charge is 2.16. The van der Waals surface area contributed by atoms with Crippen LogP contribution in [-0.2, 0) is 15.0 Å². The van der Waals surface area contributed by atoms with Gasteiger partial charge in [0.2, 0.25) is 11.8 Å². The monoisotopic (exact) mass is 368 g/mol. The molecule has 0 atom stereocenters. The lowest BCUT2D eigenvalue weighted by Crippen LogP contribution is -2.22. The summed E-state index contributed by atoms with van der Waals surface area (Å²) in [4.78, 5) is 24.2. The second kappa shape index (κ2) is 7.70. The molecule has 27 heavy (non-hydrogen) atoms. The van der Waals surface area contributed by atoms with Gasteiger partial charge in [0.1, 0.15) is 19.6 Å². The minimum absolute atomic E-state index is 0.0477. The highest BCUT2D eigenvalue weighted by atomic mass is 16.6. The molecule has 2 N–H and O–H groups in total. The van der Waals surface area contributed by atoms with Gasteiger partial charge in [0.05, 0.1) is 0 Å². The molecule has 6 heteroatoms. The summed E-state index contributed by atoms with van der Waals surface area (Å²) in [5.41, 5.74) is 2.45. The predicted molar refractivity (Wildman–Crippen MR) is 104 cm³/mol. The fourth-order valence-corrected chi connectivity index (χ4v) is 2.73. The van der Waals surface area contributed by atoms with E-state index in [9.17, 15) is 9.59 Å². The number of nitrogens with one attached hydrogen (secondary N) is 2. The van der Waals surface area contributed by atoms with Crippen molar-refractivity contribution in [3.63, 3.8) is 0 Å². The summed E-state index contributed by atoms with van der Waals surface area (Å²) in [6.07, 6.45) is -0.268. The molecule has 0 bridgehead atoms. The smallest absolute Gasteiger partial charge is 0.233 e. The lowest BCUT2D eigenvalue weighted by Gasteiger charge is -2.19. The lowest BCUT2D eigenvalue weighted by atomic mass is 9.87. The van der Waals surface area contributed by atoms with Gasteiger partial charge in [-0.25, -0.2) is 0 Å². The van der Waals surface area contributed by atoms with Crippen LogP contribution in [0.4, 0.5) is 11.4 Å². The highest BCUT2D eigenvalue weighted by molar-refractivity contribution is 6.08. The minimum Gasteiger partial charge on any atom is -0.486 e. The van der Waals surface area contributed by atoms with E-state index in [2.05, 4.69) is 31.4 Å². The Kier molecular flexibility index (Phi) is 5.35. The fourth-order valence-electron chi connectivity index (χ4n) is 2.73. The number of benzene rings is 2. The normalized spacial score (nSPS) is 13.0. The number of carbonyl (C=O) groups excluding carboxylic acids is 2. The molecule has 2 amide bonds. The molecule has 0 unspecified atom stereocenters. The predicted octanol–water partition coefficient (Wildman–Crippen LogP) is 3.72. The molecule has 6 nitrogen and oxygen atoms in total. The Morgan fingerprint density at radius 2 is 1.41 bits per heavy atom. The third-order valence-electron chi connectivity index (χ3n) is 4.18. The van der Waals surface area contributed by atoms with Crippen molar-refractivity contribution in [3.05, 3.63) is 48.0 Å². The maximum Gasteiger partial charge on any atom is 0.233 e. The van der Waals surface area contributed by atoms with E-state index in [1.807, 2.05) is 24.3 Å². The molecule has 142 valence electrons. The van der Waals surface area contributed by atoms with Crippen molar-refractivity contribution in [3.8, 4) is 11.5 Å². The minimum atomic E-state index is -0.393. The van der Waals surface area contributed by atoms with Crippen LogP contribution in [0.25, 0.3) is 0 Å². The number of anilines is 2. The van der Waals surface area contributed by atoms with Gasteiger partial charge in [-0.15, -0.1) is 0 Å². The van der Waals surface area contributed by atoms with E-state index in [-0.39, 0.29) is 17.7 Å². The van der Waals surface area contributed by atoms with E-state index in [1.165, 1.54) is 5.56 Å². The average Bonchev–Trinajstić information content (AvgIpc) is 2.61. The first-order chi connectivity index (χ1) is 12.8. The Labute approximate surface area is 158 Å². The number of amides is 2. The van der Waals surface area contributed by atoms with E-state index in [0.29, 0.717) is 36.1 Å². The van der Waals surface area contributed by atoms with Crippen molar-refractivity contribution in [2.24, 2.45) is 0 Å². The number of rotatable bonds is 4. The third-order valence-corrected chi connectivity index (χ3v) is 4.18. The zero-order valence-corrected chi connectivity index (χ0v) is 15.8. The summed E-state index contributed by atoms with van der Waals surface area (Å²) >= 11 is 0. The molecule has 2 aromatic rings. The summed E-state index contributed by atoms with van der Waals surface area (Å²) < 4.78 is 10.9. The number of ether oxygens (including phenoxy) is 2. The van der Waals surface area contributed by atoms with Gasteiger partial charge < -0.3 is 20.1 Å². The van der Waals surface area contributed by atoms with Crippen molar-refractivity contribution in [2.75, 3.05) is 23.8 Å². The molecular formula is C21H24N2O4. The van der Waals surface area contributed by atoms with Gasteiger partial charge in [0.25, 0.3) is 0 Å². The van der Waals surface area contributed by atoms with Crippen LogP contribution >= 0.6 is 0 Å². The fraction of sp³-hybridized carbons (Fsp3) is 0.333. The van der Waals surface area contributed by atoms with E-state index in [4.69, 9.17) is 9.47 Å². The van der Waals surface area contributed by atoms with Gasteiger partial charge >= 0.3 is 0 Å². The molecule has 0 spiro atoms. The van der Waals surface area contributed by atoms with Crippen LogP contribution in [0, 0.1) is 0 Å². The van der Waals surface area contributed by atoms with E-state index < -0.39 is 5.91 Å². The summed E-state index contributed by atoms with van der Waals surface area (Å²) in [7, 11) is 0. The number of hydrogen-bond acceptors (Lipinski definition) is 4. The first-order valence-electron chi connectivity index (χ1n) is 8.91. The second-order valence-corrected chi connectivity index (χ2v) is 7.46. The molecule has 0 fully saturated rings. The largest absolute Gasteiger partial charge is 0.486 e. The molecule has 0 saturated heterocycles. The molecule has 2 aromatic carbocycles. The van der Waals surface area contributed by atoms with Gasteiger partial charge in [-0.1, -0.05) is 32.9 Å². The first-order valence-corrected chi connectivity index (χ1v) is 8.91. The van der Waals surface area contributed by atoms with Crippen molar-refractivity contribution >= 4 is 23.2 Å². The van der Waals surface area contributed by atoms with E-state index >= 15 is 0 Å². The molecule has 0 radical (unpaired) electrons. The Hall–Kier alpha value is -3.02. The maximum absolute atomic E-state index is 12.1. The first kappa shape index (κ1) is 18.8. The summed E-state index contributed by atoms with van der Waals surface area (Å²) in [5.74, 6) is 0.474. The second-order valence-electron chi connectivity index (χ2n) is 7.46. The van der Waals surface area contributed by atoms with Crippen molar-refractivity contribution in [2.45, 2.75) is 32.6 Å². The summed E-state index contributed by atoms with van der Waals surface area (Å²) in [6.45, 7) is 7.37. The van der Waals surface area contributed by atoms with E-state index in [1.54, 1.807) is 18.2 Å². The zero-order chi connectivity index (χ0) is 19.4. The maximum atomic E-state index is 12.1. The molecule has 1 heterocycles. The number of carbonyl (C=O) groups is 2. The lowest BCUT2D eigenvalue weighted by molar-refractivity contribution is -0.123. The van der Waals surface area contributed by atoms with Gasteiger partial charge in [0.15, 0.2) is 11.5 Å². The molecule has 0 saturated carbocycles. The van der Waals surface area contributed by atoms with Crippen LogP contribution in [0.2, 0.25) is 0 Å². The van der Waals surface area contributed by atoms with Gasteiger partial charge in [0, 0.05) is 17.4 Å². The summed E-state index contributed by atoms with van der Waals surface area (Å²) in [5, 5.41) is 5.45. The van der Waals surface area contributed by atoms with Crippen LogP contribution in [0.3, 0.4) is 0 Å². The van der Waals surface area contributed by atoms with Crippen molar-refractivity contribution in [1.82, 2.24) is 0 Å². The van der Waals surface area contributed by atoms with Gasteiger partial charge in [-0.2, -0.15) is 0 Å². The highest BCUT2D eigenvalue weighted by Crippen LogP contribution is 2.32. The topological polar surface area (TPSA) is 76.7 Å². The number of hydrogen-bond donors (Lipinski definition) is 2. The molecular weight excluding hydrogens is 344 g/mol. The Bertz CT molecular complexity index is 838. The van der Waals surface area contributed by atoms with Crippen molar-refractivity contribution < 1.29 is 19.1 Å². The molecule has 1 aliphatic rings. The number of fused-ring (bicyclic) bond motifs is 1. The summed E-state index contributed by atoms with van der Waals surface area (Å²) in [6, 6.07) is 12.8. The molecule has 3 rings (SSSR count). The van der Waals surface area contributed by atoms with Crippen LogP contribution in [0.1, 0.15) is 32.8 Å².